The first-order valence-corrected chi connectivity index (χ1v) is 5.72. The Balaban J connectivity index is 2.44. The maximum atomic E-state index is 11.9. The first-order valence-electron chi connectivity index (χ1n) is 5.34. The van der Waals surface area contributed by atoms with E-state index in [-0.39, 0.29) is 28.2 Å². The Labute approximate surface area is 109 Å². The monoisotopic (exact) mass is 266 g/mol. The fraction of sp³-hybridized carbons (Fsp3) is 0.250. The summed E-state index contributed by atoms with van der Waals surface area (Å²) in [6, 6.07) is 1.40. The molecule has 1 amide bonds. The molecule has 6 heteroatoms. The summed E-state index contributed by atoms with van der Waals surface area (Å²) < 4.78 is 0. The Morgan fingerprint density at radius 2 is 2.39 bits per heavy atom. The van der Waals surface area contributed by atoms with Crippen molar-refractivity contribution in [2.75, 3.05) is 11.4 Å². The van der Waals surface area contributed by atoms with Gasteiger partial charge in [-0.15, -0.1) is 6.58 Å². The molecule has 1 fully saturated rings. The van der Waals surface area contributed by atoms with Crippen LogP contribution in [-0.2, 0) is 4.79 Å². The van der Waals surface area contributed by atoms with Crippen LogP contribution in [0, 0.1) is 5.92 Å². The van der Waals surface area contributed by atoms with Gasteiger partial charge in [-0.2, -0.15) is 0 Å². The smallest absolute Gasteiger partial charge is 0.339 e. The van der Waals surface area contributed by atoms with Crippen LogP contribution < -0.4 is 4.90 Å². The topological polar surface area (TPSA) is 70.5 Å². The highest BCUT2D eigenvalue weighted by atomic mass is 35.5. The number of amides is 1. The molecule has 0 spiro atoms. The van der Waals surface area contributed by atoms with Crippen molar-refractivity contribution in [2.24, 2.45) is 5.92 Å². The summed E-state index contributed by atoms with van der Waals surface area (Å²) in [5.41, 5.74) is 0.259. The minimum Gasteiger partial charge on any atom is -0.478 e. The molecule has 1 aromatic heterocycles. The molecule has 0 aromatic carbocycles. The number of carbonyl (C=O) groups excluding carboxylic acids is 1. The molecule has 0 radical (unpaired) electrons. The molecule has 94 valence electrons. The van der Waals surface area contributed by atoms with Crippen LogP contribution in [-0.4, -0.2) is 28.5 Å². The number of carboxylic acid groups (broad SMARTS) is 1. The number of carbonyl (C=O) groups is 2. The van der Waals surface area contributed by atoms with E-state index in [1.165, 1.54) is 11.0 Å². The van der Waals surface area contributed by atoms with Crippen LogP contribution in [0.15, 0.2) is 24.9 Å². The van der Waals surface area contributed by atoms with Crippen molar-refractivity contribution in [3.63, 3.8) is 0 Å². The number of anilines is 1. The summed E-state index contributed by atoms with van der Waals surface area (Å²) in [6.07, 6.45) is 3.19. The van der Waals surface area contributed by atoms with Gasteiger partial charge in [0.2, 0.25) is 5.91 Å². The zero-order valence-corrected chi connectivity index (χ0v) is 10.2. The number of aromatic nitrogens is 1. The van der Waals surface area contributed by atoms with E-state index in [1.807, 2.05) is 0 Å². The first kappa shape index (κ1) is 12.6. The number of aromatic carboxylic acids is 1. The number of hydrogen-bond acceptors (Lipinski definition) is 3. The molecular weight excluding hydrogens is 256 g/mol. The standard InChI is InChI=1S/C12H11ClN2O3/c1-2-7-3-11(16)15(6-7)9-4-10(13)14-5-8(9)12(17)18/h2,4-5,7H,1,3,6H2,(H,17,18). The van der Waals surface area contributed by atoms with Crippen molar-refractivity contribution in [3.8, 4) is 0 Å². The maximum Gasteiger partial charge on any atom is 0.339 e. The number of halogens is 1. The lowest BCUT2D eigenvalue weighted by molar-refractivity contribution is -0.117. The van der Waals surface area contributed by atoms with Crippen molar-refractivity contribution in [1.82, 2.24) is 4.98 Å². The van der Waals surface area contributed by atoms with E-state index in [9.17, 15) is 9.59 Å². The molecule has 0 saturated carbocycles. The lowest BCUT2D eigenvalue weighted by Gasteiger charge is -2.18. The Morgan fingerprint density at radius 1 is 1.67 bits per heavy atom. The van der Waals surface area contributed by atoms with Crippen molar-refractivity contribution in [1.29, 1.82) is 0 Å². The average molecular weight is 267 g/mol. The third-order valence-electron chi connectivity index (χ3n) is 2.86. The SMILES string of the molecule is C=CC1CC(=O)N(c2cc(Cl)ncc2C(=O)O)C1. The van der Waals surface area contributed by atoms with E-state index in [0.29, 0.717) is 13.0 Å². The average Bonchev–Trinajstić information content (AvgIpc) is 2.70. The van der Waals surface area contributed by atoms with Gasteiger partial charge in [0.25, 0.3) is 0 Å². The van der Waals surface area contributed by atoms with Gasteiger partial charge >= 0.3 is 5.97 Å². The summed E-state index contributed by atoms with van der Waals surface area (Å²) in [5, 5.41) is 9.24. The Kier molecular flexibility index (Phi) is 3.34. The van der Waals surface area contributed by atoms with Gasteiger partial charge in [0.1, 0.15) is 10.7 Å². The molecule has 1 aromatic rings. The van der Waals surface area contributed by atoms with E-state index >= 15 is 0 Å². The third kappa shape index (κ3) is 2.22. The highest BCUT2D eigenvalue weighted by Gasteiger charge is 2.31. The molecule has 0 aliphatic carbocycles. The quantitative estimate of drug-likeness (QED) is 0.671. The fourth-order valence-electron chi connectivity index (χ4n) is 1.93. The molecule has 1 saturated heterocycles. The number of hydrogen-bond donors (Lipinski definition) is 1. The lowest BCUT2D eigenvalue weighted by atomic mass is 10.1. The minimum atomic E-state index is -1.14. The minimum absolute atomic E-state index is 0.0301. The molecule has 1 unspecified atom stereocenters. The molecule has 1 atom stereocenters. The molecule has 1 N–H and O–H groups in total. The molecule has 0 bridgehead atoms. The number of rotatable bonds is 3. The van der Waals surface area contributed by atoms with E-state index in [4.69, 9.17) is 16.7 Å². The largest absolute Gasteiger partial charge is 0.478 e. The van der Waals surface area contributed by atoms with Gasteiger partial charge < -0.3 is 10.0 Å². The van der Waals surface area contributed by atoms with E-state index in [1.54, 1.807) is 6.08 Å². The second kappa shape index (κ2) is 4.78. The molecule has 18 heavy (non-hydrogen) atoms. The van der Waals surface area contributed by atoms with E-state index in [2.05, 4.69) is 11.6 Å². The van der Waals surface area contributed by atoms with Crippen molar-refractivity contribution >= 4 is 29.2 Å². The van der Waals surface area contributed by atoms with Crippen LogP contribution in [0.1, 0.15) is 16.8 Å². The molecule has 2 heterocycles. The number of nitrogens with zero attached hydrogens (tertiary/aromatic N) is 2. The summed E-state index contributed by atoms with van der Waals surface area (Å²) in [7, 11) is 0. The summed E-state index contributed by atoms with van der Waals surface area (Å²) in [4.78, 5) is 28.1. The van der Waals surface area contributed by atoms with Crippen LogP contribution in [0.4, 0.5) is 5.69 Å². The van der Waals surface area contributed by atoms with Crippen LogP contribution in [0.25, 0.3) is 0 Å². The molecule has 2 rings (SSSR count). The molecule has 1 aliphatic rings. The zero-order chi connectivity index (χ0) is 13.3. The van der Waals surface area contributed by atoms with Crippen LogP contribution >= 0.6 is 11.6 Å². The van der Waals surface area contributed by atoms with Crippen molar-refractivity contribution in [3.05, 3.63) is 35.6 Å². The van der Waals surface area contributed by atoms with E-state index < -0.39 is 5.97 Å². The fourth-order valence-corrected chi connectivity index (χ4v) is 2.09. The third-order valence-corrected chi connectivity index (χ3v) is 3.06. The summed E-state index contributed by atoms with van der Waals surface area (Å²) in [5.74, 6) is -1.24. The predicted molar refractivity (Wildman–Crippen MR) is 66.9 cm³/mol. The highest BCUT2D eigenvalue weighted by Crippen LogP contribution is 2.29. The normalized spacial score (nSPS) is 19.1. The maximum absolute atomic E-state index is 11.9. The summed E-state index contributed by atoms with van der Waals surface area (Å²) >= 11 is 5.76. The van der Waals surface area contributed by atoms with Gasteiger partial charge in [0.05, 0.1) is 5.69 Å². The first-order chi connectivity index (χ1) is 8.52. The molecule has 5 nitrogen and oxygen atoms in total. The number of carboxylic acids is 1. The second-order valence-corrected chi connectivity index (χ2v) is 4.42. The lowest BCUT2D eigenvalue weighted by Crippen LogP contribution is -2.26. The van der Waals surface area contributed by atoms with Gasteiger partial charge in [-0.1, -0.05) is 17.7 Å². The van der Waals surface area contributed by atoms with Crippen molar-refractivity contribution in [2.45, 2.75) is 6.42 Å². The van der Waals surface area contributed by atoms with Crippen LogP contribution in [0.3, 0.4) is 0 Å². The Hall–Kier alpha value is -1.88. The van der Waals surface area contributed by atoms with E-state index in [0.717, 1.165) is 6.20 Å². The van der Waals surface area contributed by atoms with Gasteiger partial charge in [-0.05, 0) is 0 Å². The molecular formula is C12H11ClN2O3. The van der Waals surface area contributed by atoms with Gasteiger partial charge in [0, 0.05) is 31.1 Å². The molecule has 1 aliphatic heterocycles. The highest BCUT2D eigenvalue weighted by molar-refractivity contribution is 6.30. The summed E-state index contributed by atoms with van der Waals surface area (Å²) in [6.45, 7) is 4.07. The van der Waals surface area contributed by atoms with Gasteiger partial charge in [-0.3, -0.25) is 4.79 Å². The Morgan fingerprint density at radius 3 is 2.94 bits per heavy atom. The Bertz CT molecular complexity index is 530. The van der Waals surface area contributed by atoms with Gasteiger partial charge in [0.15, 0.2) is 0 Å². The number of pyridine rings is 1. The van der Waals surface area contributed by atoms with Crippen molar-refractivity contribution < 1.29 is 14.7 Å². The van der Waals surface area contributed by atoms with Crippen LogP contribution in [0.5, 0.6) is 0 Å². The second-order valence-electron chi connectivity index (χ2n) is 4.03. The zero-order valence-electron chi connectivity index (χ0n) is 9.47. The predicted octanol–water partition coefficient (Wildman–Crippen LogP) is 1.97. The van der Waals surface area contributed by atoms with Crippen LogP contribution in [0.2, 0.25) is 5.15 Å². The van der Waals surface area contributed by atoms with Gasteiger partial charge in [-0.25, -0.2) is 9.78 Å².